The Bertz CT molecular complexity index is 753. The van der Waals surface area contributed by atoms with E-state index in [1.165, 1.54) is 7.11 Å². The van der Waals surface area contributed by atoms with Crippen LogP contribution in [0.3, 0.4) is 0 Å². The van der Waals surface area contributed by atoms with Crippen LogP contribution in [0.25, 0.3) is 10.9 Å². The average molecular weight is 354 g/mol. The van der Waals surface area contributed by atoms with Gasteiger partial charge >= 0.3 is 5.97 Å². The number of allylic oxidation sites excluding steroid dienone is 1. The first-order valence-corrected chi connectivity index (χ1v) is 9.00. The lowest BCUT2D eigenvalue weighted by molar-refractivity contribution is -0.143. The van der Waals surface area contributed by atoms with Gasteiger partial charge in [0.25, 0.3) is 5.91 Å². The Kier molecular flexibility index (Phi) is 7.80. The van der Waals surface area contributed by atoms with Gasteiger partial charge in [0.1, 0.15) is 6.04 Å². The van der Waals surface area contributed by atoms with Crippen LogP contribution in [0.2, 0.25) is 0 Å². The number of pyridine rings is 1. The zero-order valence-corrected chi connectivity index (χ0v) is 15.2. The van der Waals surface area contributed by atoms with E-state index in [0.717, 1.165) is 43.0 Å². The standard InChI is InChI=1S/C21H26N2O3/c1-3-4-5-6-7-8-13-19(21(25)26-2)23-20(24)17-14-15-22-18-12-10-9-11-16(17)18/h3,9-12,14-15,19H,1,4-8,13H2,2H3,(H,23,24)/t19-/m1/s1. The molecule has 0 aliphatic carbocycles. The van der Waals surface area contributed by atoms with Gasteiger partial charge in [-0.05, 0) is 31.4 Å². The third-order valence-electron chi connectivity index (χ3n) is 4.34. The second-order valence-electron chi connectivity index (χ2n) is 6.21. The number of rotatable bonds is 10. The van der Waals surface area contributed by atoms with Crippen molar-refractivity contribution in [3.8, 4) is 0 Å². The lowest BCUT2D eigenvalue weighted by Gasteiger charge is -2.17. The summed E-state index contributed by atoms with van der Waals surface area (Å²) in [6.07, 6.45) is 9.14. The van der Waals surface area contributed by atoms with Gasteiger partial charge in [0, 0.05) is 11.6 Å². The number of ether oxygens (including phenoxy) is 1. The summed E-state index contributed by atoms with van der Waals surface area (Å²) >= 11 is 0. The summed E-state index contributed by atoms with van der Waals surface area (Å²) in [6, 6.07) is 8.47. The molecule has 1 aromatic heterocycles. The number of carbonyl (C=O) groups is 2. The van der Waals surface area contributed by atoms with Crippen LogP contribution in [-0.2, 0) is 9.53 Å². The highest BCUT2D eigenvalue weighted by Crippen LogP contribution is 2.17. The van der Waals surface area contributed by atoms with E-state index in [1.54, 1.807) is 12.3 Å². The third kappa shape index (κ3) is 5.41. The Balaban J connectivity index is 2.01. The van der Waals surface area contributed by atoms with Gasteiger partial charge in [-0.25, -0.2) is 4.79 Å². The Morgan fingerprint density at radius 3 is 2.73 bits per heavy atom. The normalized spacial score (nSPS) is 11.7. The maximum atomic E-state index is 12.7. The number of methoxy groups -OCH3 is 1. The second kappa shape index (κ2) is 10.3. The second-order valence-corrected chi connectivity index (χ2v) is 6.21. The van der Waals surface area contributed by atoms with Crippen LogP contribution in [0.5, 0.6) is 0 Å². The van der Waals surface area contributed by atoms with E-state index in [9.17, 15) is 9.59 Å². The summed E-state index contributed by atoms with van der Waals surface area (Å²) in [7, 11) is 1.34. The van der Waals surface area contributed by atoms with Gasteiger partial charge in [-0.1, -0.05) is 43.5 Å². The summed E-state index contributed by atoms with van der Waals surface area (Å²) in [6.45, 7) is 3.71. The van der Waals surface area contributed by atoms with Gasteiger partial charge in [0.2, 0.25) is 0 Å². The number of fused-ring (bicyclic) bond motifs is 1. The van der Waals surface area contributed by atoms with E-state index in [4.69, 9.17) is 4.74 Å². The number of esters is 1. The van der Waals surface area contributed by atoms with E-state index in [2.05, 4.69) is 16.9 Å². The SMILES string of the molecule is C=CCCCCCC[C@@H](NC(=O)c1ccnc2ccccc12)C(=O)OC. The fourth-order valence-corrected chi connectivity index (χ4v) is 2.91. The topological polar surface area (TPSA) is 68.3 Å². The number of amides is 1. The van der Waals surface area contributed by atoms with Crippen LogP contribution in [-0.4, -0.2) is 30.0 Å². The molecule has 0 radical (unpaired) electrons. The van der Waals surface area contributed by atoms with Gasteiger partial charge in [0.15, 0.2) is 0 Å². The fraction of sp³-hybridized carbons (Fsp3) is 0.381. The van der Waals surface area contributed by atoms with Gasteiger partial charge < -0.3 is 10.1 Å². The average Bonchev–Trinajstić information content (AvgIpc) is 2.68. The quantitative estimate of drug-likeness (QED) is 0.397. The maximum Gasteiger partial charge on any atom is 0.328 e. The third-order valence-corrected chi connectivity index (χ3v) is 4.34. The number of benzene rings is 1. The van der Waals surface area contributed by atoms with Crippen molar-refractivity contribution >= 4 is 22.8 Å². The Morgan fingerprint density at radius 2 is 1.96 bits per heavy atom. The number of hydrogen-bond acceptors (Lipinski definition) is 4. The predicted octanol–water partition coefficient (Wildman–Crippen LogP) is 4.03. The summed E-state index contributed by atoms with van der Waals surface area (Å²) in [5.41, 5.74) is 1.26. The van der Waals surface area contributed by atoms with Gasteiger partial charge in [-0.15, -0.1) is 6.58 Å². The molecule has 2 aromatic rings. The number of aromatic nitrogens is 1. The molecular weight excluding hydrogens is 328 g/mol. The van der Waals surface area contributed by atoms with Crippen LogP contribution >= 0.6 is 0 Å². The molecule has 0 aliphatic heterocycles. The van der Waals surface area contributed by atoms with Crippen molar-refractivity contribution in [2.24, 2.45) is 0 Å². The molecule has 0 fully saturated rings. The smallest absolute Gasteiger partial charge is 0.328 e. The van der Waals surface area contributed by atoms with E-state index in [-0.39, 0.29) is 5.91 Å². The number of para-hydroxylation sites is 1. The first-order chi connectivity index (χ1) is 12.7. The highest BCUT2D eigenvalue weighted by atomic mass is 16.5. The number of hydrogen-bond donors (Lipinski definition) is 1. The van der Waals surface area contributed by atoms with Gasteiger partial charge in [-0.2, -0.15) is 0 Å². The highest BCUT2D eigenvalue weighted by Gasteiger charge is 2.22. The first-order valence-electron chi connectivity index (χ1n) is 9.00. The molecule has 0 aliphatic rings. The number of unbranched alkanes of at least 4 members (excludes halogenated alkanes) is 4. The Labute approximate surface area is 154 Å². The molecule has 0 saturated carbocycles. The zero-order chi connectivity index (χ0) is 18.8. The molecule has 1 N–H and O–H groups in total. The lowest BCUT2D eigenvalue weighted by atomic mass is 10.0. The van der Waals surface area contributed by atoms with Crippen LogP contribution in [0, 0.1) is 0 Å². The molecular formula is C21H26N2O3. The van der Waals surface area contributed by atoms with Crippen molar-refractivity contribution in [1.82, 2.24) is 10.3 Å². The van der Waals surface area contributed by atoms with Crippen molar-refractivity contribution in [2.75, 3.05) is 7.11 Å². The monoisotopic (exact) mass is 354 g/mol. The number of nitrogens with one attached hydrogen (secondary N) is 1. The number of carbonyl (C=O) groups excluding carboxylic acids is 2. The summed E-state index contributed by atoms with van der Waals surface area (Å²) in [4.78, 5) is 29.0. The van der Waals surface area contributed by atoms with E-state index in [0.29, 0.717) is 12.0 Å². The largest absolute Gasteiger partial charge is 0.467 e. The molecule has 1 atom stereocenters. The van der Waals surface area contributed by atoms with Crippen molar-refractivity contribution in [2.45, 2.75) is 44.6 Å². The molecule has 5 heteroatoms. The first kappa shape index (κ1) is 19.6. The molecule has 0 bridgehead atoms. The van der Waals surface area contributed by atoms with Crippen molar-refractivity contribution in [3.63, 3.8) is 0 Å². The highest BCUT2D eigenvalue weighted by molar-refractivity contribution is 6.07. The van der Waals surface area contributed by atoms with Crippen molar-refractivity contribution < 1.29 is 14.3 Å². The molecule has 2 rings (SSSR count). The van der Waals surface area contributed by atoms with Crippen LogP contribution in [0.1, 0.15) is 48.9 Å². The molecule has 0 saturated heterocycles. The van der Waals surface area contributed by atoms with Crippen LogP contribution in [0.15, 0.2) is 49.2 Å². The van der Waals surface area contributed by atoms with Crippen molar-refractivity contribution in [1.29, 1.82) is 0 Å². The summed E-state index contributed by atoms with van der Waals surface area (Å²) < 4.78 is 4.85. The number of nitrogens with zero attached hydrogens (tertiary/aromatic N) is 1. The molecule has 0 unspecified atom stereocenters. The zero-order valence-electron chi connectivity index (χ0n) is 15.2. The molecule has 138 valence electrons. The molecule has 1 aromatic carbocycles. The van der Waals surface area contributed by atoms with E-state index >= 15 is 0 Å². The predicted molar refractivity (Wildman–Crippen MR) is 103 cm³/mol. The minimum absolute atomic E-state index is 0.286. The van der Waals surface area contributed by atoms with Crippen LogP contribution in [0.4, 0.5) is 0 Å². The molecule has 26 heavy (non-hydrogen) atoms. The fourth-order valence-electron chi connectivity index (χ4n) is 2.91. The van der Waals surface area contributed by atoms with Gasteiger partial charge in [0.05, 0.1) is 18.2 Å². The molecule has 1 amide bonds. The molecule has 5 nitrogen and oxygen atoms in total. The molecule has 0 spiro atoms. The summed E-state index contributed by atoms with van der Waals surface area (Å²) in [5, 5.41) is 3.59. The lowest BCUT2D eigenvalue weighted by Crippen LogP contribution is -2.41. The molecule has 1 heterocycles. The Morgan fingerprint density at radius 1 is 1.19 bits per heavy atom. The van der Waals surface area contributed by atoms with E-state index < -0.39 is 12.0 Å². The minimum atomic E-state index is -0.640. The van der Waals surface area contributed by atoms with Crippen molar-refractivity contribution in [3.05, 3.63) is 54.7 Å². The van der Waals surface area contributed by atoms with E-state index in [1.807, 2.05) is 30.3 Å². The summed E-state index contributed by atoms with van der Waals surface area (Å²) in [5.74, 6) is -0.700. The van der Waals surface area contributed by atoms with Gasteiger partial charge in [-0.3, -0.25) is 9.78 Å². The van der Waals surface area contributed by atoms with Crippen LogP contribution < -0.4 is 5.32 Å². The minimum Gasteiger partial charge on any atom is -0.467 e. The Hall–Kier alpha value is -2.69. The maximum absolute atomic E-state index is 12.7.